The lowest BCUT2D eigenvalue weighted by Crippen LogP contribution is -2.66. The quantitative estimate of drug-likeness (QED) is 0.811. The first-order valence-corrected chi connectivity index (χ1v) is 6.75. The highest BCUT2D eigenvalue weighted by Crippen LogP contribution is 2.33. The molecule has 4 nitrogen and oxygen atoms in total. The van der Waals surface area contributed by atoms with Crippen molar-refractivity contribution in [1.29, 1.82) is 0 Å². The lowest BCUT2D eigenvalue weighted by atomic mass is 9.81. The highest BCUT2D eigenvalue weighted by atomic mass is 16.3. The van der Waals surface area contributed by atoms with Crippen LogP contribution in [0.3, 0.4) is 0 Å². The van der Waals surface area contributed by atoms with Crippen LogP contribution in [0.15, 0.2) is 0 Å². The molecule has 0 bridgehead atoms. The number of rotatable bonds is 2. The van der Waals surface area contributed by atoms with Crippen LogP contribution in [-0.2, 0) is 4.79 Å². The van der Waals surface area contributed by atoms with Crippen molar-refractivity contribution < 1.29 is 9.90 Å². The van der Waals surface area contributed by atoms with E-state index in [1.54, 1.807) is 4.90 Å². The standard InChI is InChI=1S/C14H28N2O2/c1-13(2,3)11-12(18)15(9-10-17)7-8-16(11)14(4,5)6/h11,17H,7-10H2,1-6H3/t11-/m1/s1. The largest absolute Gasteiger partial charge is 0.395 e. The fraction of sp³-hybridized carbons (Fsp3) is 0.929. The molecule has 1 N–H and O–H groups in total. The van der Waals surface area contributed by atoms with E-state index in [4.69, 9.17) is 5.11 Å². The third-order valence-corrected chi connectivity index (χ3v) is 3.52. The number of aliphatic hydroxyl groups is 1. The van der Waals surface area contributed by atoms with Crippen LogP contribution in [0, 0.1) is 5.41 Å². The monoisotopic (exact) mass is 256 g/mol. The van der Waals surface area contributed by atoms with Gasteiger partial charge in [-0.2, -0.15) is 0 Å². The molecule has 1 atom stereocenters. The van der Waals surface area contributed by atoms with Gasteiger partial charge < -0.3 is 10.0 Å². The van der Waals surface area contributed by atoms with Crippen molar-refractivity contribution in [1.82, 2.24) is 9.80 Å². The van der Waals surface area contributed by atoms with Crippen LogP contribution in [0.2, 0.25) is 0 Å². The van der Waals surface area contributed by atoms with Crippen molar-refractivity contribution >= 4 is 5.91 Å². The zero-order chi connectivity index (χ0) is 14.1. The Hall–Kier alpha value is -0.610. The average molecular weight is 256 g/mol. The maximum absolute atomic E-state index is 12.6. The summed E-state index contributed by atoms with van der Waals surface area (Å²) < 4.78 is 0. The highest BCUT2D eigenvalue weighted by Gasteiger charge is 2.45. The second-order valence-electron chi connectivity index (χ2n) is 7.18. The van der Waals surface area contributed by atoms with Crippen molar-refractivity contribution in [3.63, 3.8) is 0 Å². The maximum Gasteiger partial charge on any atom is 0.240 e. The molecule has 1 fully saturated rings. The van der Waals surface area contributed by atoms with Crippen molar-refractivity contribution in [3.05, 3.63) is 0 Å². The molecule has 0 aliphatic carbocycles. The Morgan fingerprint density at radius 3 is 2.11 bits per heavy atom. The number of hydrogen-bond donors (Lipinski definition) is 1. The Bertz CT molecular complexity index is 302. The van der Waals surface area contributed by atoms with E-state index >= 15 is 0 Å². The molecular weight excluding hydrogens is 228 g/mol. The molecule has 18 heavy (non-hydrogen) atoms. The van der Waals surface area contributed by atoms with Crippen LogP contribution in [0.1, 0.15) is 41.5 Å². The van der Waals surface area contributed by atoms with Gasteiger partial charge in [0.25, 0.3) is 0 Å². The minimum atomic E-state index is -0.113. The van der Waals surface area contributed by atoms with Crippen LogP contribution in [-0.4, -0.2) is 58.6 Å². The summed E-state index contributed by atoms with van der Waals surface area (Å²) in [7, 11) is 0. The molecule has 1 heterocycles. The second kappa shape index (κ2) is 5.17. The first-order chi connectivity index (χ1) is 8.09. The van der Waals surface area contributed by atoms with Gasteiger partial charge in [-0.25, -0.2) is 0 Å². The number of carbonyl (C=O) groups is 1. The minimum Gasteiger partial charge on any atom is -0.395 e. The Morgan fingerprint density at radius 1 is 1.17 bits per heavy atom. The van der Waals surface area contributed by atoms with E-state index in [0.29, 0.717) is 13.1 Å². The molecule has 0 radical (unpaired) electrons. The summed E-state index contributed by atoms with van der Waals surface area (Å²) in [5, 5.41) is 9.04. The van der Waals surface area contributed by atoms with Gasteiger partial charge in [0.15, 0.2) is 0 Å². The summed E-state index contributed by atoms with van der Waals surface area (Å²) in [4.78, 5) is 16.7. The van der Waals surface area contributed by atoms with Crippen LogP contribution in [0.5, 0.6) is 0 Å². The zero-order valence-electron chi connectivity index (χ0n) is 12.7. The first kappa shape index (κ1) is 15.4. The molecule has 106 valence electrons. The molecule has 0 aromatic heterocycles. The summed E-state index contributed by atoms with van der Waals surface area (Å²) in [5.41, 5.74) is -0.114. The number of amides is 1. The van der Waals surface area contributed by atoms with Gasteiger partial charge in [0.05, 0.1) is 12.6 Å². The Balaban J connectivity index is 3.01. The van der Waals surface area contributed by atoms with Gasteiger partial charge in [0, 0.05) is 25.2 Å². The molecule has 1 amide bonds. The molecule has 0 unspecified atom stereocenters. The first-order valence-electron chi connectivity index (χ1n) is 6.75. The Labute approximate surface area is 111 Å². The lowest BCUT2D eigenvalue weighted by Gasteiger charge is -2.51. The van der Waals surface area contributed by atoms with Crippen molar-refractivity contribution in [2.24, 2.45) is 5.41 Å². The van der Waals surface area contributed by atoms with E-state index in [2.05, 4.69) is 46.4 Å². The highest BCUT2D eigenvalue weighted by molar-refractivity contribution is 5.83. The zero-order valence-corrected chi connectivity index (χ0v) is 12.7. The van der Waals surface area contributed by atoms with Crippen LogP contribution < -0.4 is 0 Å². The molecule has 1 aliphatic heterocycles. The summed E-state index contributed by atoms with van der Waals surface area (Å²) in [6, 6.07) is -0.113. The van der Waals surface area contributed by atoms with E-state index in [1.165, 1.54) is 0 Å². The molecule has 0 saturated carbocycles. The molecule has 1 saturated heterocycles. The van der Waals surface area contributed by atoms with Gasteiger partial charge in [-0.15, -0.1) is 0 Å². The summed E-state index contributed by atoms with van der Waals surface area (Å²) in [5.74, 6) is 0.151. The Kier molecular flexibility index (Phi) is 4.44. The third kappa shape index (κ3) is 3.23. The van der Waals surface area contributed by atoms with E-state index in [-0.39, 0.29) is 29.5 Å². The van der Waals surface area contributed by atoms with Gasteiger partial charge in [-0.05, 0) is 26.2 Å². The number of aliphatic hydroxyl groups excluding tert-OH is 1. The summed E-state index contributed by atoms with van der Waals surface area (Å²) in [6.07, 6.45) is 0. The van der Waals surface area contributed by atoms with Crippen LogP contribution in [0.4, 0.5) is 0 Å². The van der Waals surface area contributed by atoms with Crippen molar-refractivity contribution in [2.45, 2.75) is 53.1 Å². The number of nitrogens with zero attached hydrogens (tertiary/aromatic N) is 2. The number of β-amino-alcohol motifs (C(OH)–C–C–N with tert-alkyl or cyclic N) is 1. The second-order valence-corrected chi connectivity index (χ2v) is 7.18. The van der Waals surface area contributed by atoms with E-state index in [9.17, 15) is 4.79 Å². The number of piperazine rings is 1. The molecular formula is C14H28N2O2. The summed E-state index contributed by atoms with van der Waals surface area (Å²) >= 11 is 0. The molecule has 0 aromatic rings. The van der Waals surface area contributed by atoms with Crippen molar-refractivity contribution in [3.8, 4) is 0 Å². The summed E-state index contributed by atoms with van der Waals surface area (Å²) in [6.45, 7) is 14.9. The topological polar surface area (TPSA) is 43.8 Å². The smallest absolute Gasteiger partial charge is 0.240 e. The third-order valence-electron chi connectivity index (χ3n) is 3.52. The maximum atomic E-state index is 12.6. The van der Waals surface area contributed by atoms with Gasteiger partial charge >= 0.3 is 0 Å². The van der Waals surface area contributed by atoms with E-state index in [0.717, 1.165) is 6.54 Å². The van der Waals surface area contributed by atoms with E-state index < -0.39 is 0 Å². The number of hydrogen-bond acceptors (Lipinski definition) is 3. The molecule has 1 rings (SSSR count). The fourth-order valence-electron chi connectivity index (χ4n) is 2.68. The molecule has 0 aromatic carbocycles. The fourth-order valence-corrected chi connectivity index (χ4v) is 2.68. The Morgan fingerprint density at radius 2 is 1.72 bits per heavy atom. The predicted molar refractivity (Wildman–Crippen MR) is 73.4 cm³/mol. The van der Waals surface area contributed by atoms with Crippen LogP contribution >= 0.6 is 0 Å². The van der Waals surface area contributed by atoms with Gasteiger partial charge in [0.1, 0.15) is 0 Å². The van der Waals surface area contributed by atoms with Gasteiger partial charge in [-0.1, -0.05) is 20.8 Å². The lowest BCUT2D eigenvalue weighted by molar-refractivity contribution is -0.152. The van der Waals surface area contributed by atoms with Crippen molar-refractivity contribution in [2.75, 3.05) is 26.2 Å². The number of carbonyl (C=O) groups excluding carboxylic acids is 1. The van der Waals surface area contributed by atoms with E-state index in [1.807, 2.05) is 0 Å². The SMILES string of the molecule is CC(C)(C)[C@H]1C(=O)N(CCO)CCN1C(C)(C)C. The normalized spacial score (nSPS) is 23.6. The van der Waals surface area contributed by atoms with Gasteiger partial charge in [-0.3, -0.25) is 9.69 Å². The van der Waals surface area contributed by atoms with Crippen LogP contribution in [0.25, 0.3) is 0 Å². The predicted octanol–water partition coefficient (Wildman–Crippen LogP) is 1.34. The van der Waals surface area contributed by atoms with Gasteiger partial charge in [0.2, 0.25) is 5.91 Å². The minimum absolute atomic E-state index is 0.0150. The average Bonchev–Trinajstić information content (AvgIpc) is 2.17. The molecule has 4 heteroatoms. The molecule has 0 spiro atoms. The molecule has 1 aliphatic rings.